The van der Waals surface area contributed by atoms with Crippen LogP contribution in [0.25, 0.3) is 0 Å². The van der Waals surface area contributed by atoms with Crippen molar-refractivity contribution >= 4 is 18.3 Å². The average molecular weight is 299 g/mol. The van der Waals surface area contributed by atoms with Crippen LogP contribution in [0.1, 0.15) is 5.56 Å². The lowest BCUT2D eigenvalue weighted by molar-refractivity contribution is -0.137. The second-order valence-corrected chi connectivity index (χ2v) is 3.45. The third-order valence-electron chi connectivity index (χ3n) is 2.00. The molecule has 0 bridgehead atoms. The quantitative estimate of drug-likeness (QED) is 0.867. The fraction of sp³-hybridized carbons (Fsp3) is 0.364. The summed E-state index contributed by atoms with van der Waals surface area (Å²) in [5.41, 5.74) is 4.35. The number of rotatable bonds is 5. The molecule has 1 aromatic rings. The average Bonchev–Trinajstić information content (AvgIpc) is 2.33. The summed E-state index contributed by atoms with van der Waals surface area (Å²) in [6.07, 6.45) is -4.43. The predicted molar refractivity (Wildman–Crippen MR) is 66.3 cm³/mol. The van der Waals surface area contributed by atoms with Crippen molar-refractivity contribution in [1.29, 1.82) is 0 Å². The van der Waals surface area contributed by atoms with Gasteiger partial charge in [0.25, 0.3) is 5.91 Å². The van der Waals surface area contributed by atoms with E-state index in [4.69, 9.17) is 10.5 Å². The Balaban J connectivity index is 0.00000324. The highest BCUT2D eigenvalue weighted by atomic mass is 35.5. The Morgan fingerprint density at radius 2 is 2.05 bits per heavy atom. The minimum absolute atomic E-state index is 0. The summed E-state index contributed by atoms with van der Waals surface area (Å²) in [7, 11) is 0. The van der Waals surface area contributed by atoms with Crippen molar-refractivity contribution in [3.63, 3.8) is 0 Å². The van der Waals surface area contributed by atoms with Gasteiger partial charge in [0, 0.05) is 13.1 Å². The first kappa shape index (κ1) is 17.5. The zero-order valence-corrected chi connectivity index (χ0v) is 10.7. The van der Waals surface area contributed by atoms with Crippen LogP contribution >= 0.6 is 12.4 Å². The van der Waals surface area contributed by atoms with Gasteiger partial charge in [0.15, 0.2) is 6.61 Å². The molecule has 1 amide bonds. The number of hydrogen-bond donors (Lipinski definition) is 2. The molecule has 19 heavy (non-hydrogen) atoms. The predicted octanol–water partition coefficient (Wildman–Crippen LogP) is 1.58. The Kier molecular flexibility index (Phi) is 7.25. The molecule has 0 radical (unpaired) electrons. The number of hydrogen-bond acceptors (Lipinski definition) is 3. The number of carbonyl (C=O) groups is 1. The minimum atomic E-state index is -4.43. The molecule has 0 saturated heterocycles. The molecule has 0 atom stereocenters. The number of nitrogens with one attached hydrogen (secondary N) is 1. The molecule has 0 aromatic heterocycles. The summed E-state index contributed by atoms with van der Waals surface area (Å²) >= 11 is 0. The van der Waals surface area contributed by atoms with E-state index in [1.807, 2.05) is 0 Å². The van der Waals surface area contributed by atoms with Crippen molar-refractivity contribution in [2.24, 2.45) is 5.73 Å². The third kappa shape index (κ3) is 6.30. The molecule has 8 heteroatoms. The summed E-state index contributed by atoms with van der Waals surface area (Å²) in [5.74, 6) is -0.439. The van der Waals surface area contributed by atoms with Crippen LogP contribution in [0.3, 0.4) is 0 Å². The fourth-order valence-corrected chi connectivity index (χ4v) is 1.17. The Hall–Kier alpha value is -1.47. The van der Waals surface area contributed by atoms with Crippen LogP contribution in [0.4, 0.5) is 13.2 Å². The van der Waals surface area contributed by atoms with Gasteiger partial charge in [0.1, 0.15) is 5.75 Å². The van der Waals surface area contributed by atoms with E-state index in [-0.39, 0.29) is 31.3 Å². The molecule has 0 saturated carbocycles. The Morgan fingerprint density at radius 3 is 2.63 bits per heavy atom. The van der Waals surface area contributed by atoms with Crippen LogP contribution in [0.5, 0.6) is 5.75 Å². The molecular weight excluding hydrogens is 285 g/mol. The number of amides is 1. The van der Waals surface area contributed by atoms with E-state index in [1.165, 1.54) is 12.1 Å². The molecule has 0 unspecified atom stereocenters. The Morgan fingerprint density at radius 1 is 1.37 bits per heavy atom. The fourth-order valence-electron chi connectivity index (χ4n) is 1.17. The maximum atomic E-state index is 12.4. The molecule has 0 aliphatic carbocycles. The van der Waals surface area contributed by atoms with Crippen LogP contribution in [-0.4, -0.2) is 25.6 Å². The van der Waals surface area contributed by atoms with E-state index >= 15 is 0 Å². The summed E-state index contributed by atoms with van der Waals surface area (Å²) in [6.45, 7) is 0.237. The largest absolute Gasteiger partial charge is 0.484 e. The normalized spacial score (nSPS) is 10.5. The molecular formula is C11H14ClF3N2O2. The van der Waals surface area contributed by atoms with Crippen molar-refractivity contribution < 1.29 is 22.7 Å². The van der Waals surface area contributed by atoms with Gasteiger partial charge in [-0.2, -0.15) is 13.2 Å². The molecule has 0 aliphatic heterocycles. The van der Waals surface area contributed by atoms with Crippen LogP contribution in [0, 0.1) is 0 Å². The molecule has 1 rings (SSSR count). The number of benzene rings is 1. The van der Waals surface area contributed by atoms with Gasteiger partial charge >= 0.3 is 6.18 Å². The van der Waals surface area contributed by atoms with E-state index in [2.05, 4.69) is 5.32 Å². The van der Waals surface area contributed by atoms with Crippen LogP contribution in [-0.2, 0) is 11.0 Å². The number of ether oxygens (including phenoxy) is 1. The first-order valence-electron chi connectivity index (χ1n) is 5.20. The summed E-state index contributed by atoms with van der Waals surface area (Å²) in [5, 5.41) is 2.44. The van der Waals surface area contributed by atoms with Crippen LogP contribution < -0.4 is 15.8 Å². The first-order chi connectivity index (χ1) is 8.43. The highest BCUT2D eigenvalue weighted by molar-refractivity contribution is 5.85. The van der Waals surface area contributed by atoms with Crippen LogP contribution in [0.2, 0.25) is 0 Å². The minimum Gasteiger partial charge on any atom is -0.484 e. The molecule has 1 aromatic carbocycles. The standard InChI is InChI=1S/C11H13F3N2O2.ClH/c12-11(13,14)8-2-1-3-9(6-8)18-7-10(17)16-5-4-15;/h1-3,6H,4-5,7,15H2,(H,16,17);1H. The number of alkyl halides is 3. The molecule has 108 valence electrons. The molecule has 0 fully saturated rings. The lowest BCUT2D eigenvalue weighted by Gasteiger charge is -2.10. The van der Waals surface area contributed by atoms with E-state index in [9.17, 15) is 18.0 Å². The topological polar surface area (TPSA) is 64.3 Å². The van der Waals surface area contributed by atoms with E-state index in [0.29, 0.717) is 6.54 Å². The maximum absolute atomic E-state index is 12.4. The molecule has 3 N–H and O–H groups in total. The van der Waals surface area contributed by atoms with Gasteiger partial charge in [-0.15, -0.1) is 12.4 Å². The highest BCUT2D eigenvalue weighted by Gasteiger charge is 2.30. The number of carbonyl (C=O) groups excluding carboxylic acids is 1. The van der Waals surface area contributed by atoms with Crippen molar-refractivity contribution in [2.45, 2.75) is 6.18 Å². The SMILES string of the molecule is Cl.NCCNC(=O)COc1cccc(C(F)(F)F)c1. The van der Waals surface area contributed by atoms with Gasteiger partial charge in [-0.3, -0.25) is 4.79 Å². The zero-order chi connectivity index (χ0) is 13.6. The highest BCUT2D eigenvalue weighted by Crippen LogP contribution is 2.31. The maximum Gasteiger partial charge on any atom is 0.416 e. The molecule has 4 nitrogen and oxygen atoms in total. The van der Waals surface area contributed by atoms with E-state index < -0.39 is 17.6 Å². The molecule has 0 aliphatic rings. The third-order valence-corrected chi connectivity index (χ3v) is 2.00. The van der Waals surface area contributed by atoms with Gasteiger partial charge in [0.2, 0.25) is 0 Å². The second kappa shape index (κ2) is 7.85. The Bertz CT molecular complexity index is 413. The molecule has 0 heterocycles. The van der Waals surface area contributed by atoms with Crippen molar-refractivity contribution in [3.05, 3.63) is 29.8 Å². The summed E-state index contributed by atoms with van der Waals surface area (Å²) in [4.78, 5) is 11.1. The van der Waals surface area contributed by atoms with E-state index in [0.717, 1.165) is 12.1 Å². The van der Waals surface area contributed by atoms with E-state index in [1.54, 1.807) is 0 Å². The van der Waals surface area contributed by atoms with Crippen molar-refractivity contribution in [3.8, 4) is 5.75 Å². The lowest BCUT2D eigenvalue weighted by atomic mass is 10.2. The number of halogens is 4. The van der Waals surface area contributed by atoms with Crippen molar-refractivity contribution in [1.82, 2.24) is 5.32 Å². The summed E-state index contributed by atoms with van der Waals surface area (Å²) < 4.78 is 42.1. The monoisotopic (exact) mass is 298 g/mol. The van der Waals surface area contributed by atoms with Gasteiger partial charge in [-0.25, -0.2) is 0 Å². The van der Waals surface area contributed by atoms with Crippen LogP contribution in [0.15, 0.2) is 24.3 Å². The lowest BCUT2D eigenvalue weighted by Crippen LogP contribution is -2.32. The second-order valence-electron chi connectivity index (χ2n) is 3.45. The number of nitrogens with two attached hydrogens (primary N) is 1. The Labute approximate surface area is 114 Å². The first-order valence-corrected chi connectivity index (χ1v) is 5.20. The van der Waals surface area contributed by atoms with Crippen molar-refractivity contribution in [2.75, 3.05) is 19.7 Å². The van der Waals surface area contributed by atoms with Gasteiger partial charge < -0.3 is 15.8 Å². The van der Waals surface area contributed by atoms with Gasteiger partial charge in [0.05, 0.1) is 5.56 Å². The smallest absolute Gasteiger partial charge is 0.416 e. The van der Waals surface area contributed by atoms with Gasteiger partial charge in [-0.1, -0.05) is 6.07 Å². The summed E-state index contributed by atoms with van der Waals surface area (Å²) in [6, 6.07) is 4.35. The molecule has 0 spiro atoms. The zero-order valence-electron chi connectivity index (χ0n) is 9.87. The van der Waals surface area contributed by atoms with Gasteiger partial charge in [-0.05, 0) is 18.2 Å².